The van der Waals surface area contributed by atoms with Crippen LogP contribution in [-0.2, 0) is 0 Å². The van der Waals surface area contributed by atoms with Crippen molar-refractivity contribution in [1.82, 2.24) is 15.0 Å². The van der Waals surface area contributed by atoms with Gasteiger partial charge in [-0.2, -0.15) is 0 Å². The van der Waals surface area contributed by atoms with Gasteiger partial charge in [-0.3, -0.25) is 10.4 Å². The molecule has 3 heterocycles. The fourth-order valence-electron chi connectivity index (χ4n) is 1.78. The molecule has 0 radical (unpaired) electrons. The van der Waals surface area contributed by atoms with Crippen molar-refractivity contribution in [3.05, 3.63) is 54.4 Å². The summed E-state index contributed by atoms with van der Waals surface area (Å²) in [7, 11) is 0. The van der Waals surface area contributed by atoms with Crippen molar-refractivity contribution >= 4 is 17.2 Å². The molecule has 3 aromatic rings. The zero-order valence-electron chi connectivity index (χ0n) is 10.7. The molecule has 0 aromatic carbocycles. The van der Waals surface area contributed by atoms with E-state index in [4.69, 9.17) is 11.1 Å². The lowest BCUT2D eigenvalue weighted by Gasteiger charge is -2.00. The Morgan fingerprint density at radius 1 is 1.24 bits per heavy atom. The summed E-state index contributed by atoms with van der Waals surface area (Å²) in [5.41, 5.74) is 7.14. The Morgan fingerprint density at radius 3 is 2.86 bits per heavy atom. The van der Waals surface area contributed by atoms with Gasteiger partial charge in [0.2, 0.25) is 0 Å². The van der Waals surface area contributed by atoms with Crippen molar-refractivity contribution in [3.63, 3.8) is 0 Å². The minimum Gasteiger partial charge on any atom is -0.382 e. The molecule has 0 bridgehead atoms. The van der Waals surface area contributed by atoms with Gasteiger partial charge in [0.05, 0.1) is 16.8 Å². The lowest BCUT2D eigenvalue weighted by atomic mass is 10.2. The molecule has 7 heteroatoms. The van der Waals surface area contributed by atoms with E-state index in [0.717, 1.165) is 11.1 Å². The number of nitrogens with zero attached hydrogens (tertiary/aromatic N) is 3. The third kappa shape index (κ3) is 2.77. The number of aromatic nitrogens is 3. The maximum atomic E-state index is 13.2. The molecule has 0 amide bonds. The number of pyridine rings is 2. The first-order valence-corrected chi connectivity index (χ1v) is 6.84. The Hall–Kier alpha value is -2.67. The molecule has 0 aliphatic heterocycles. The molecular weight excluding hydrogens is 289 g/mol. The van der Waals surface area contributed by atoms with Crippen molar-refractivity contribution in [1.29, 1.82) is 5.41 Å². The molecule has 0 spiro atoms. The summed E-state index contributed by atoms with van der Waals surface area (Å²) in [6, 6.07) is 6.65. The van der Waals surface area contributed by atoms with Crippen molar-refractivity contribution < 1.29 is 4.39 Å². The maximum Gasteiger partial charge on any atom is 0.142 e. The van der Waals surface area contributed by atoms with Crippen LogP contribution in [0.25, 0.3) is 21.1 Å². The number of hydrogen-bond acceptors (Lipinski definition) is 5. The molecule has 3 N–H and O–H groups in total. The molecule has 0 aliphatic carbocycles. The average Bonchev–Trinajstić information content (AvgIpc) is 2.97. The van der Waals surface area contributed by atoms with E-state index in [1.54, 1.807) is 24.5 Å². The van der Waals surface area contributed by atoms with E-state index >= 15 is 0 Å². The summed E-state index contributed by atoms with van der Waals surface area (Å²) < 4.78 is 13.2. The zero-order valence-corrected chi connectivity index (χ0v) is 11.6. The molecule has 0 saturated heterocycles. The molecule has 3 aromatic heterocycles. The van der Waals surface area contributed by atoms with Crippen molar-refractivity contribution in [3.8, 4) is 21.1 Å². The predicted octanol–water partition coefficient (Wildman–Crippen LogP) is 2.69. The molecule has 0 saturated carbocycles. The van der Waals surface area contributed by atoms with Gasteiger partial charge in [0.25, 0.3) is 0 Å². The number of amidine groups is 1. The van der Waals surface area contributed by atoms with Crippen LogP contribution in [0.4, 0.5) is 4.39 Å². The largest absolute Gasteiger partial charge is 0.382 e. The average molecular weight is 299 g/mol. The van der Waals surface area contributed by atoms with Gasteiger partial charge >= 0.3 is 0 Å². The lowest BCUT2D eigenvalue weighted by molar-refractivity contribution is 0.622. The van der Waals surface area contributed by atoms with Crippen molar-refractivity contribution in [2.45, 2.75) is 0 Å². The molecule has 5 nitrogen and oxygen atoms in total. The first kappa shape index (κ1) is 13.3. The zero-order chi connectivity index (χ0) is 14.8. The van der Waals surface area contributed by atoms with Crippen LogP contribution < -0.4 is 5.73 Å². The number of nitrogen functional groups attached to an aromatic ring is 1. The summed E-state index contributed by atoms with van der Waals surface area (Å²) in [4.78, 5) is 13.2. The van der Waals surface area contributed by atoms with Crippen LogP contribution in [0.1, 0.15) is 5.69 Å². The van der Waals surface area contributed by atoms with Gasteiger partial charge in [0.1, 0.15) is 22.4 Å². The van der Waals surface area contributed by atoms with Crippen LogP contribution >= 0.6 is 11.3 Å². The summed E-state index contributed by atoms with van der Waals surface area (Å²) in [6.07, 6.45) is 4.37. The second-order valence-electron chi connectivity index (χ2n) is 4.24. The minimum absolute atomic E-state index is 0.0871. The van der Waals surface area contributed by atoms with E-state index in [9.17, 15) is 4.39 Å². The number of rotatable bonds is 3. The fraction of sp³-hybridized carbons (Fsp3) is 0. The minimum atomic E-state index is -0.402. The Labute approximate surface area is 123 Å². The summed E-state index contributed by atoms with van der Waals surface area (Å²) in [5.74, 6) is -0.489. The molecule has 0 aliphatic rings. The summed E-state index contributed by atoms with van der Waals surface area (Å²) in [6.45, 7) is 0. The summed E-state index contributed by atoms with van der Waals surface area (Å²) >= 11 is 1.38. The molecular formula is C14H10FN5S. The quantitative estimate of drug-likeness (QED) is 0.575. The number of nitrogens with one attached hydrogen (secondary N) is 1. The van der Waals surface area contributed by atoms with Gasteiger partial charge in [-0.05, 0) is 18.2 Å². The standard InChI is InChI=1S/C14H10FN5S/c15-9-4-8(5-18-6-9)14-19-7-12(21-14)10-2-1-3-11(20-10)13(16)17/h1-7H,(H3,16,17). The topological polar surface area (TPSA) is 88.5 Å². The van der Waals surface area contributed by atoms with Crippen LogP contribution in [0.5, 0.6) is 0 Å². The van der Waals surface area contributed by atoms with Gasteiger partial charge in [0, 0.05) is 18.0 Å². The first-order valence-electron chi connectivity index (χ1n) is 6.02. The molecule has 0 fully saturated rings. The van der Waals surface area contributed by atoms with Gasteiger partial charge < -0.3 is 5.73 Å². The smallest absolute Gasteiger partial charge is 0.142 e. The normalized spacial score (nSPS) is 10.5. The van der Waals surface area contributed by atoms with Crippen molar-refractivity contribution in [2.24, 2.45) is 5.73 Å². The highest BCUT2D eigenvalue weighted by atomic mass is 32.1. The molecule has 104 valence electrons. The third-order valence-corrected chi connectivity index (χ3v) is 3.80. The lowest BCUT2D eigenvalue weighted by Crippen LogP contribution is -2.12. The fourth-order valence-corrected chi connectivity index (χ4v) is 2.64. The van der Waals surface area contributed by atoms with Gasteiger partial charge in [-0.15, -0.1) is 11.3 Å². The number of hydrogen-bond donors (Lipinski definition) is 2. The SMILES string of the molecule is N=C(N)c1cccc(-c2cnc(-c3cncc(F)c3)s2)n1. The van der Waals surface area contributed by atoms with Gasteiger partial charge in [0.15, 0.2) is 0 Å². The highest BCUT2D eigenvalue weighted by Crippen LogP contribution is 2.30. The Balaban J connectivity index is 1.98. The monoisotopic (exact) mass is 299 g/mol. The predicted molar refractivity (Wildman–Crippen MR) is 79.6 cm³/mol. The second kappa shape index (κ2) is 5.37. The van der Waals surface area contributed by atoms with E-state index in [1.807, 2.05) is 6.07 Å². The number of thiazole rings is 1. The Kier molecular flexibility index (Phi) is 3.41. The van der Waals surface area contributed by atoms with Crippen LogP contribution in [0.15, 0.2) is 42.9 Å². The van der Waals surface area contributed by atoms with E-state index in [1.165, 1.54) is 17.4 Å². The molecule has 3 rings (SSSR count). The highest BCUT2D eigenvalue weighted by Gasteiger charge is 2.10. The Morgan fingerprint density at radius 2 is 2.10 bits per heavy atom. The van der Waals surface area contributed by atoms with Crippen LogP contribution in [-0.4, -0.2) is 20.8 Å². The molecule has 21 heavy (non-hydrogen) atoms. The van der Waals surface area contributed by atoms with Crippen LogP contribution in [0.3, 0.4) is 0 Å². The van der Waals surface area contributed by atoms with Crippen LogP contribution in [0.2, 0.25) is 0 Å². The van der Waals surface area contributed by atoms with Crippen molar-refractivity contribution in [2.75, 3.05) is 0 Å². The number of nitrogens with two attached hydrogens (primary N) is 1. The van der Waals surface area contributed by atoms with Gasteiger partial charge in [-0.1, -0.05) is 6.07 Å². The third-order valence-electron chi connectivity index (χ3n) is 2.74. The van der Waals surface area contributed by atoms with Gasteiger partial charge in [-0.25, -0.2) is 14.4 Å². The van der Waals surface area contributed by atoms with Crippen LogP contribution in [0, 0.1) is 11.2 Å². The number of halogens is 1. The highest BCUT2D eigenvalue weighted by molar-refractivity contribution is 7.18. The van der Waals surface area contributed by atoms with E-state index < -0.39 is 5.82 Å². The second-order valence-corrected chi connectivity index (χ2v) is 5.27. The van der Waals surface area contributed by atoms with E-state index in [2.05, 4.69) is 15.0 Å². The van der Waals surface area contributed by atoms with E-state index in [0.29, 0.717) is 22.0 Å². The Bertz CT molecular complexity index is 814. The summed E-state index contributed by atoms with van der Waals surface area (Å²) in [5, 5.41) is 8.07. The molecule has 0 atom stereocenters. The molecule has 0 unspecified atom stereocenters. The van der Waals surface area contributed by atoms with E-state index in [-0.39, 0.29) is 5.84 Å². The maximum absolute atomic E-state index is 13.2. The first-order chi connectivity index (χ1) is 10.1.